The van der Waals surface area contributed by atoms with Gasteiger partial charge in [-0.05, 0) is 42.7 Å². The number of hydrogen-bond acceptors (Lipinski definition) is 6. The lowest BCUT2D eigenvalue weighted by atomic mass is 9.91. The molecule has 2 unspecified atom stereocenters. The third-order valence-electron chi connectivity index (χ3n) is 7.96. The van der Waals surface area contributed by atoms with Gasteiger partial charge in [0.1, 0.15) is 12.4 Å². The van der Waals surface area contributed by atoms with Crippen LogP contribution in [0.5, 0.6) is 5.75 Å². The van der Waals surface area contributed by atoms with Gasteiger partial charge in [0.25, 0.3) is 0 Å². The van der Waals surface area contributed by atoms with Crippen molar-refractivity contribution in [3.63, 3.8) is 0 Å². The second kappa shape index (κ2) is 11.0. The third-order valence-corrected chi connectivity index (χ3v) is 7.96. The lowest BCUT2D eigenvalue weighted by Crippen LogP contribution is -2.53. The molecule has 1 aliphatic heterocycles. The Morgan fingerprint density at radius 2 is 1.80 bits per heavy atom. The van der Waals surface area contributed by atoms with Gasteiger partial charge in [-0.15, -0.1) is 0 Å². The van der Waals surface area contributed by atoms with Crippen molar-refractivity contribution in [2.75, 3.05) is 19.6 Å². The summed E-state index contributed by atoms with van der Waals surface area (Å²) in [5, 5.41) is 12.9. The number of para-hydroxylation sites is 1. The first-order valence-electron chi connectivity index (χ1n) is 13.6. The van der Waals surface area contributed by atoms with Crippen molar-refractivity contribution in [2.45, 2.75) is 19.4 Å². The Balaban J connectivity index is 1.19. The van der Waals surface area contributed by atoms with Crippen LogP contribution < -0.4 is 15.5 Å². The summed E-state index contributed by atoms with van der Waals surface area (Å²) in [5.74, 6) is -1.02. The van der Waals surface area contributed by atoms with E-state index in [2.05, 4.69) is 11.4 Å². The largest absolute Gasteiger partial charge is 0.489 e. The van der Waals surface area contributed by atoms with Gasteiger partial charge in [-0.3, -0.25) is 19.6 Å². The Morgan fingerprint density at radius 1 is 1.05 bits per heavy atom. The Labute approximate surface area is 237 Å². The molecule has 3 N–H and O–H groups in total. The van der Waals surface area contributed by atoms with Gasteiger partial charge in [0.2, 0.25) is 17.7 Å². The zero-order valence-electron chi connectivity index (χ0n) is 22.4. The summed E-state index contributed by atoms with van der Waals surface area (Å²) in [6.45, 7) is 1.09. The molecule has 1 saturated heterocycles. The third kappa shape index (κ3) is 5.36. The number of amides is 3. The first-order valence-corrected chi connectivity index (χ1v) is 13.6. The number of carbonyl (C=O) groups excluding carboxylic acids is 3. The second-order valence-corrected chi connectivity index (χ2v) is 10.6. The number of hydroxylamine groups is 1. The molecule has 2 aliphatic rings. The van der Waals surface area contributed by atoms with E-state index < -0.39 is 17.2 Å². The maximum absolute atomic E-state index is 13.5. The van der Waals surface area contributed by atoms with E-state index in [9.17, 15) is 19.6 Å². The van der Waals surface area contributed by atoms with Crippen LogP contribution in [0.2, 0.25) is 0 Å². The number of benzene rings is 3. The molecule has 0 bridgehead atoms. The summed E-state index contributed by atoms with van der Waals surface area (Å²) in [4.78, 5) is 44.0. The van der Waals surface area contributed by atoms with E-state index in [1.165, 1.54) is 4.90 Å². The zero-order valence-corrected chi connectivity index (χ0v) is 22.4. The molecule has 2 atom stereocenters. The first kappa shape index (κ1) is 26.5. The molecule has 208 valence electrons. The highest BCUT2D eigenvalue weighted by Gasteiger charge is 2.64. The topological polar surface area (TPSA) is 121 Å². The number of pyridine rings is 1. The molecule has 1 saturated carbocycles. The lowest BCUT2D eigenvalue weighted by molar-refractivity contribution is -0.145. The van der Waals surface area contributed by atoms with E-state index in [4.69, 9.17) is 9.72 Å². The van der Waals surface area contributed by atoms with Crippen molar-refractivity contribution in [1.82, 2.24) is 20.7 Å². The van der Waals surface area contributed by atoms with Crippen LogP contribution in [-0.4, -0.2) is 52.4 Å². The molecule has 3 amide bonds. The Kier molecular flexibility index (Phi) is 7.11. The molecule has 2 heterocycles. The van der Waals surface area contributed by atoms with Crippen molar-refractivity contribution < 1.29 is 24.3 Å². The number of rotatable bonds is 8. The van der Waals surface area contributed by atoms with E-state index in [0.29, 0.717) is 38.3 Å². The molecule has 9 heteroatoms. The first-order chi connectivity index (χ1) is 20.0. The number of carbonyl (C=O) groups is 3. The molecular formula is C32H30N4O5. The summed E-state index contributed by atoms with van der Waals surface area (Å²) in [6, 6.07) is 27.6. The SMILES string of the molecule is O=C1CN(C(=O)C2(Cc3ccc(OCc4cc(-c5ccccc5)nc5ccccc45)cc3)CC2C(=O)NO)CCN1. The molecule has 3 aromatic carbocycles. The molecule has 1 aromatic heterocycles. The minimum absolute atomic E-state index is 0.0312. The number of piperazine rings is 1. The van der Waals surface area contributed by atoms with Gasteiger partial charge >= 0.3 is 0 Å². The molecule has 0 radical (unpaired) electrons. The van der Waals surface area contributed by atoms with Crippen LogP contribution in [0, 0.1) is 11.3 Å². The van der Waals surface area contributed by atoms with Crippen LogP contribution in [0.25, 0.3) is 22.2 Å². The van der Waals surface area contributed by atoms with Gasteiger partial charge in [-0.2, -0.15) is 0 Å². The van der Waals surface area contributed by atoms with Crippen LogP contribution in [0.3, 0.4) is 0 Å². The fraction of sp³-hybridized carbons (Fsp3) is 0.250. The predicted octanol–water partition coefficient (Wildman–Crippen LogP) is 3.49. The minimum Gasteiger partial charge on any atom is -0.489 e. The molecule has 41 heavy (non-hydrogen) atoms. The second-order valence-electron chi connectivity index (χ2n) is 10.6. The summed E-state index contributed by atoms with van der Waals surface area (Å²) in [5.41, 5.74) is 5.39. The zero-order chi connectivity index (χ0) is 28.4. The number of hydrogen-bond donors (Lipinski definition) is 3. The molecule has 6 rings (SSSR count). The highest BCUT2D eigenvalue weighted by Crippen LogP contribution is 2.56. The Morgan fingerprint density at radius 3 is 2.56 bits per heavy atom. The average Bonchev–Trinajstić information content (AvgIpc) is 3.75. The Bertz CT molecular complexity index is 1610. The molecule has 2 fully saturated rings. The van der Waals surface area contributed by atoms with Crippen molar-refractivity contribution in [2.24, 2.45) is 11.3 Å². The normalized spacial score (nSPS) is 19.9. The summed E-state index contributed by atoms with van der Waals surface area (Å²) in [6.07, 6.45) is 0.630. The lowest BCUT2D eigenvalue weighted by Gasteiger charge is -2.31. The van der Waals surface area contributed by atoms with Gasteiger partial charge < -0.3 is 15.0 Å². The van der Waals surface area contributed by atoms with Gasteiger partial charge in [0.15, 0.2) is 0 Å². The maximum Gasteiger partial charge on any atom is 0.247 e. The van der Waals surface area contributed by atoms with Crippen molar-refractivity contribution in [3.8, 4) is 17.0 Å². The summed E-state index contributed by atoms with van der Waals surface area (Å²) >= 11 is 0. The standard InChI is InChI=1S/C32H30N4O5/c37-29-19-36(15-14-33-29)31(39)32(18-26(32)30(38)35-40)17-21-10-12-24(13-11-21)41-20-23-16-28(22-6-2-1-3-7-22)34-27-9-5-4-8-25(23)27/h1-13,16,26,40H,14-15,17-20H2,(H,33,37)(H,35,38). The quantitative estimate of drug-likeness (QED) is 0.228. The van der Waals surface area contributed by atoms with Crippen LogP contribution >= 0.6 is 0 Å². The van der Waals surface area contributed by atoms with Gasteiger partial charge in [0.05, 0.1) is 29.1 Å². The molecule has 1 aliphatic carbocycles. The van der Waals surface area contributed by atoms with Crippen molar-refractivity contribution >= 4 is 28.6 Å². The molecule has 0 spiro atoms. The molecular weight excluding hydrogens is 520 g/mol. The van der Waals surface area contributed by atoms with Gasteiger partial charge in [0, 0.05) is 29.6 Å². The summed E-state index contributed by atoms with van der Waals surface area (Å²) in [7, 11) is 0. The number of ether oxygens (including phenoxy) is 1. The fourth-order valence-electron chi connectivity index (χ4n) is 5.71. The number of aromatic nitrogens is 1. The van der Waals surface area contributed by atoms with Crippen molar-refractivity contribution in [1.29, 1.82) is 0 Å². The van der Waals surface area contributed by atoms with Crippen LogP contribution in [0.1, 0.15) is 17.5 Å². The van der Waals surface area contributed by atoms with Crippen molar-refractivity contribution in [3.05, 3.63) is 96.1 Å². The monoisotopic (exact) mass is 550 g/mol. The van der Waals surface area contributed by atoms with Gasteiger partial charge in [-0.1, -0.05) is 60.7 Å². The fourth-order valence-corrected chi connectivity index (χ4v) is 5.71. The Hall–Kier alpha value is -4.76. The van der Waals surface area contributed by atoms with E-state index >= 15 is 0 Å². The van der Waals surface area contributed by atoms with E-state index in [0.717, 1.165) is 33.3 Å². The summed E-state index contributed by atoms with van der Waals surface area (Å²) < 4.78 is 6.18. The van der Waals surface area contributed by atoms with Crippen LogP contribution in [0.15, 0.2) is 84.9 Å². The number of fused-ring (bicyclic) bond motifs is 1. The van der Waals surface area contributed by atoms with Crippen LogP contribution in [0.4, 0.5) is 0 Å². The smallest absolute Gasteiger partial charge is 0.247 e. The van der Waals surface area contributed by atoms with E-state index in [1.54, 1.807) is 5.48 Å². The van der Waals surface area contributed by atoms with Gasteiger partial charge in [-0.25, -0.2) is 10.5 Å². The van der Waals surface area contributed by atoms with E-state index in [-0.39, 0.29) is 18.4 Å². The molecule has 4 aromatic rings. The highest BCUT2D eigenvalue weighted by atomic mass is 16.5. The number of nitrogens with one attached hydrogen (secondary N) is 2. The number of nitrogens with zero attached hydrogens (tertiary/aromatic N) is 2. The minimum atomic E-state index is -0.989. The van der Waals surface area contributed by atoms with Crippen LogP contribution in [-0.2, 0) is 27.4 Å². The van der Waals surface area contributed by atoms with E-state index in [1.807, 2.05) is 78.9 Å². The maximum atomic E-state index is 13.5. The molecule has 9 nitrogen and oxygen atoms in total. The highest BCUT2D eigenvalue weighted by molar-refractivity contribution is 5.97. The average molecular weight is 551 g/mol. The predicted molar refractivity (Wildman–Crippen MR) is 152 cm³/mol.